The largest absolute Gasteiger partial charge is 0.295 e. The smallest absolute Gasteiger partial charge is 0.158 e. The van der Waals surface area contributed by atoms with Gasteiger partial charge in [-0.25, -0.2) is 0 Å². The molecule has 4 heteroatoms. The number of hydrogen-bond acceptors (Lipinski definition) is 2. The number of azide groups is 1. The third kappa shape index (κ3) is 2.47. The summed E-state index contributed by atoms with van der Waals surface area (Å²) in [5.41, 5.74) is 9.82. The van der Waals surface area contributed by atoms with E-state index in [0.717, 1.165) is 17.6 Å². The number of hydrogen-bond donors (Lipinski definition) is 0. The molecule has 0 N–H and O–H groups in total. The lowest BCUT2D eigenvalue weighted by Crippen LogP contribution is -2.16. The molecule has 0 aromatic heterocycles. The second-order valence-electron chi connectivity index (χ2n) is 3.49. The molecule has 0 saturated heterocycles. The van der Waals surface area contributed by atoms with Gasteiger partial charge in [-0.2, -0.15) is 0 Å². The molecular formula is C10H13N3O. The molecule has 1 rings (SSSR count). The lowest BCUT2D eigenvalue weighted by Gasteiger charge is -2.20. The van der Waals surface area contributed by atoms with Crippen LogP contribution in [0.3, 0.4) is 0 Å². The second kappa shape index (κ2) is 4.63. The highest BCUT2D eigenvalue weighted by atomic mass is 16.1. The van der Waals surface area contributed by atoms with Gasteiger partial charge in [0.1, 0.15) is 0 Å². The molecule has 0 saturated carbocycles. The van der Waals surface area contributed by atoms with Gasteiger partial charge in [-0.15, -0.1) is 0 Å². The molecule has 0 fully saturated rings. The standard InChI is InChI=1S/C10H13N3O/c1-7-3-4-9(5-10(7)14)8(2)6-12-13-11/h3,9H,2,4-6H2,1H3. The topological polar surface area (TPSA) is 65.8 Å². The maximum Gasteiger partial charge on any atom is 0.158 e. The van der Waals surface area contributed by atoms with Crippen LogP contribution in [0, 0.1) is 5.92 Å². The van der Waals surface area contributed by atoms with E-state index in [2.05, 4.69) is 16.6 Å². The summed E-state index contributed by atoms with van der Waals surface area (Å²) in [4.78, 5) is 14.0. The molecule has 0 amide bonds. The Bertz CT molecular complexity index is 337. The zero-order chi connectivity index (χ0) is 10.6. The fourth-order valence-corrected chi connectivity index (χ4v) is 1.46. The summed E-state index contributed by atoms with van der Waals surface area (Å²) in [5.74, 6) is 0.319. The molecule has 1 aliphatic rings. The van der Waals surface area contributed by atoms with E-state index in [1.54, 1.807) is 0 Å². The molecule has 0 spiro atoms. The first-order valence-electron chi connectivity index (χ1n) is 4.53. The van der Waals surface area contributed by atoms with Crippen LogP contribution in [-0.4, -0.2) is 12.3 Å². The van der Waals surface area contributed by atoms with Crippen molar-refractivity contribution in [1.29, 1.82) is 0 Å². The normalized spacial score (nSPS) is 21.1. The quantitative estimate of drug-likeness (QED) is 0.293. The Morgan fingerprint density at radius 3 is 3.14 bits per heavy atom. The molecule has 14 heavy (non-hydrogen) atoms. The number of allylic oxidation sites excluding steroid dienone is 2. The zero-order valence-electron chi connectivity index (χ0n) is 8.23. The first-order chi connectivity index (χ1) is 6.65. The monoisotopic (exact) mass is 191 g/mol. The molecule has 0 aliphatic heterocycles. The van der Waals surface area contributed by atoms with E-state index >= 15 is 0 Å². The van der Waals surface area contributed by atoms with E-state index in [1.165, 1.54) is 0 Å². The van der Waals surface area contributed by atoms with E-state index < -0.39 is 0 Å². The number of rotatable bonds is 3. The van der Waals surface area contributed by atoms with Gasteiger partial charge >= 0.3 is 0 Å². The van der Waals surface area contributed by atoms with E-state index in [0.29, 0.717) is 13.0 Å². The second-order valence-corrected chi connectivity index (χ2v) is 3.49. The number of carbonyl (C=O) groups excluding carboxylic acids is 1. The fourth-order valence-electron chi connectivity index (χ4n) is 1.46. The fraction of sp³-hybridized carbons (Fsp3) is 0.500. The summed E-state index contributed by atoms with van der Waals surface area (Å²) in [7, 11) is 0. The number of ketones is 1. The highest BCUT2D eigenvalue weighted by Gasteiger charge is 2.20. The van der Waals surface area contributed by atoms with Crippen LogP contribution in [0.5, 0.6) is 0 Å². The van der Waals surface area contributed by atoms with Gasteiger partial charge in [-0.1, -0.05) is 23.3 Å². The molecule has 0 heterocycles. The summed E-state index contributed by atoms with van der Waals surface area (Å²) in [5, 5.41) is 3.44. The van der Waals surface area contributed by atoms with E-state index in [1.807, 2.05) is 13.0 Å². The minimum atomic E-state index is 0.150. The summed E-state index contributed by atoms with van der Waals surface area (Å²) < 4.78 is 0. The van der Waals surface area contributed by atoms with Crippen LogP contribution in [-0.2, 0) is 4.79 Å². The van der Waals surface area contributed by atoms with Crippen molar-refractivity contribution in [2.75, 3.05) is 6.54 Å². The predicted octanol–water partition coefficient (Wildman–Crippen LogP) is 2.78. The molecule has 0 radical (unpaired) electrons. The third-order valence-corrected chi connectivity index (χ3v) is 2.49. The van der Waals surface area contributed by atoms with Crippen LogP contribution in [0.2, 0.25) is 0 Å². The van der Waals surface area contributed by atoms with Crippen LogP contribution in [0.15, 0.2) is 28.9 Å². The third-order valence-electron chi connectivity index (χ3n) is 2.49. The SMILES string of the molecule is C=C(CN=[N+]=[N-])C1CC=C(C)C(=O)C1. The van der Waals surface area contributed by atoms with Crippen molar-refractivity contribution in [1.82, 2.24) is 0 Å². The maximum absolute atomic E-state index is 11.4. The van der Waals surface area contributed by atoms with Gasteiger partial charge in [-0.05, 0) is 30.4 Å². The average Bonchev–Trinajstić information content (AvgIpc) is 2.18. The summed E-state index contributed by atoms with van der Waals surface area (Å²) in [6.45, 7) is 5.95. The van der Waals surface area contributed by atoms with Gasteiger partial charge in [0.05, 0.1) is 0 Å². The van der Waals surface area contributed by atoms with E-state index in [9.17, 15) is 4.79 Å². The number of Topliss-reactive ketones (excluding diaryl/α,β-unsaturated/α-hetero) is 1. The molecule has 0 aromatic rings. The number of carbonyl (C=O) groups is 1. The van der Waals surface area contributed by atoms with Crippen molar-refractivity contribution >= 4 is 5.78 Å². The van der Waals surface area contributed by atoms with E-state index in [4.69, 9.17) is 5.53 Å². The van der Waals surface area contributed by atoms with Crippen LogP contribution in [0.1, 0.15) is 19.8 Å². The van der Waals surface area contributed by atoms with E-state index in [-0.39, 0.29) is 11.7 Å². The highest BCUT2D eigenvalue weighted by molar-refractivity contribution is 5.95. The van der Waals surface area contributed by atoms with Gasteiger partial charge in [0, 0.05) is 17.9 Å². The van der Waals surface area contributed by atoms with Crippen LogP contribution < -0.4 is 0 Å². The molecule has 1 unspecified atom stereocenters. The number of nitrogens with zero attached hydrogens (tertiary/aromatic N) is 3. The van der Waals surface area contributed by atoms with Gasteiger partial charge < -0.3 is 0 Å². The highest BCUT2D eigenvalue weighted by Crippen LogP contribution is 2.26. The van der Waals surface area contributed by atoms with Crippen LogP contribution in [0.25, 0.3) is 10.4 Å². The summed E-state index contributed by atoms with van der Waals surface area (Å²) >= 11 is 0. The Morgan fingerprint density at radius 1 is 1.86 bits per heavy atom. The summed E-state index contributed by atoms with van der Waals surface area (Å²) in [6, 6.07) is 0. The summed E-state index contributed by atoms with van der Waals surface area (Å²) in [6.07, 6.45) is 3.26. The minimum Gasteiger partial charge on any atom is -0.295 e. The Balaban J connectivity index is 2.60. The Kier molecular flexibility index (Phi) is 3.48. The van der Waals surface area contributed by atoms with Crippen LogP contribution >= 0.6 is 0 Å². The molecule has 1 aliphatic carbocycles. The Labute approximate surface area is 82.9 Å². The minimum absolute atomic E-state index is 0.150. The first-order valence-corrected chi connectivity index (χ1v) is 4.53. The van der Waals surface area contributed by atoms with Crippen LogP contribution in [0.4, 0.5) is 0 Å². The maximum atomic E-state index is 11.4. The first kappa shape index (κ1) is 10.5. The Hall–Kier alpha value is -1.54. The van der Waals surface area contributed by atoms with Crippen molar-refractivity contribution in [3.05, 3.63) is 34.2 Å². The molecule has 0 aromatic carbocycles. The van der Waals surface area contributed by atoms with Crippen molar-refractivity contribution in [2.24, 2.45) is 11.0 Å². The Morgan fingerprint density at radius 2 is 2.57 bits per heavy atom. The average molecular weight is 191 g/mol. The lowest BCUT2D eigenvalue weighted by molar-refractivity contribution is -0.116. The zero-order valence-corrected chi connectivity index (χ0v) is 8.23. The molecule has 4 nitrogen and oxygen atoms in total. The van der Waals surface area contributed by atoms with Gasteiger partial charge in [0.2, 0.25) is 0 Å². The molecule has 0 bridgehead atoms. The molecule has 1 atom stereocenters. The van der Waals surface area contributed by atoms with Gasteiger partial charge in [0.15, 0.2) is 5.78 Å². The van der Waals surface area contributed by atoms with Crippen molar-refractivity contribution in [2.45, 2.75) is 19.8 Å². The van der Waals surface area contributed by atoms with Crippen molar-refractivity contribution in [3.63, 3.8) is 0 Å². The molecule has 74 valence electrons. The van der Waals surface area contributed by atoms with Gasteiger partial charge in [0.25, 0.3) is 0 Å². The van der Waals surface area contributed by atoms with Crippen molar-refractivity contribution in [3.8, 4) is 0 Å². The lowest BCUT2D eigenvalue weighted by atomic mass is 9.84. The molecular weight excluding hydrogens is 178 g/mol. The predicted molar refractivity (Wildman–Crippen MR) is 54.6 cm³/mol. The van der Waals surface area contributed by atoms with Gasteiger partial charge in [-0.3, -0.25) is 4.79 Å². The van der Waals surface area contributed by atoms with Crippen molar-refractivity contribution < 1.29 is 4.79 Å².